The van der Waals surface area contributed by atoms with Crippen molar-refractivity contribution in [2.75, 3.05) is 0 Å². The lowest BCUT2D eigenvalue weighted by molar-refractivity contribution is 0.0755. The van der Waals surface area contributed by atoms with Gasteiger partial charge in [0.1, 0.15) is 11.4 Å². The summed E-state index contributed by atoms with van der Waals surface area (Å²) in [6.07, 6.45) is 1.41. The van der Waals surface area contributed by atoms with E-state index in [0.717, 1.165) is 6.07 Å². The molecule has 0 saturated heterocycles. The van der Waals surface area contributed by atoms with Gasteiger partial charge in [-0.25, -0.2) is 4.39 Å². The predicted molar refractivity (Wildman–Crippen MR) is 71.5 cm³/mol. The highest BCUT2D eigenvalue weighted by Crippen LogP contribution is 2.39. The van der Waals surface area contributed by atoms with Crippen LogP contribution in [-0.4, -0.2) is 5.11 Å². The van der Waals surface area contributed by atoms with Crippen LogP contribution < -0.4 is 0 Å². The molecule has 0 spiro atoms. The van der Waals surface area contributed by atoms with E-state index in [0.29, 0.717) is 4.47 Å². The molecule has 0 aliphatic carbocycles. The van der Waals surface area contributed by atoms with Gasteiger partial charge in [0, 0.05) is 10.6 Å². The Labute approximate surface area is 121 Å². The van der Waals surface area contributed by atoms with Gasteiger partial charge in [0.05, 0.1) is 15.8 Å². The van der Waals surface area contributed by atoms with Crippen molar-refractivity contribution < 1.29 is 13.9 Å². The highest BCUT2D eigenvalue weighted by atomic mass is 79.9. The molecule has 1 heterocycles. The molecule has 2 aromatic rings. The van der Waals surface area contributed by atoms with Crippen molar-refractivity contribution in [1.29, 1.82) is 0 Å². The summed E-state index contributed by atoms with van der Waals surface area (Å²) in [7, 11) is 0. The summed E-state index contributed by atoms with van der Waals surface area (Å²) in [6.45, 7) is 1.46. The quantitative estimate of drug-likeness (QED) is 0.791. The lowest BCUT2D eigenvalue weighted by Gasteiger charge is -2.23. The van der Waals surface area contributed by atoms with E-state index in [1.165, 1.54) is 19.3 Å². The van der Waals surface area contributed by atoms with Crippen molar-refractivity contribution in [3.8, 4) is 0 Å². The van der Waals surface area contributed by atoms with Gasteiger partial charge in [-0.1, -0.05) is 23.2 Å². The lowest BCUT2D eigenvalue weighted by atomic mass is 9.93. The summed E-state index contributed by atoms with van der Waals surface area (Å²) in [4.78, 5) is 0. The molecule has 96 valence electrons. The highest BCUT2D eigenvalue weighted by Gasteiger charge is 2.34. The van der Waals surface area contributed by atoms with Crippen molar-refractivity contribution in [3.63, 3.8) is 0 Å². The maximum absolute atomic E-state index is 13.5. The first-order valence-corrected chi connectivity index (χ1v) is 6.49. The van der Waals surface area contributed by atoms with Gasteiger partial charge in [0.2, 0.25) is 0 Å². The van der Waals surface area contributed by atoms with E-state index in [4.69, 9.17) is 27.6 Å². The Hall–Kier alpha value is -0.550. The van der Waals surface area contributed by atoms with Crippen LogP contribution in [0, 0.1) is 5.82 Å². The van der Waals surface area contributed by atoms with Gasteiger partial charge in [-0.2, -0.15) is 0 Å². The number of furan rings is 1. The molecule has 0 fully saturated rings. The molecule has 1 unspecified atom stereocenters. The maximum atomic E-state index is 13.5. The van der Waals surface area contributed by atoms with Crippen LogP contribution in [0.15, 0.2) is 33.4 Å². The smallest absolute Gasteiger partial charge is 0.153 e. The minimum Gasteiger partial charge on any atom is -0.465 e. The molecule has 0 radical (unpaired) electrons. The van der Waals surface area contributed by atoms with Crippen LogP contribution in [0.5, 0.6) is 0 Å². The molecule has 0 aliphatic heterocycles. The number of rotatable bonds is 2. The molecule has 0 amide bonds. The van der Waals surface area contributed by atoms with E-state index in [-0.39, 0.29) is 21.4 Å². The summed E-state index contributed by atoms with van der Waals surface area (Å²) in [6, 6.07) is 3.97. The number of hydrogen-bond donors (Lipinski definition) is 1. The average molecular weight is 354 g/mol. The van der Waals surface area contributed by atoms with Crippen LogP contribution in [0.25, 0.3) is 0 Å². The van der Waals surface area contributed by atoms with E-state index in [1.807, 2.05) is 0 Å². The molecule has 1 aromatic heterocycles. The monoisotopic (exact) mass is 352 g/mol. The molecular formula is C12H8BrCl2FO2. The Morgan fingerprint density at radius 1 is 1.33 bits per heavy atom. The summed E-state index contributed by atoms with van der Waals surface area (Å²) in [5.41, 5.74) is -1.38. The highest BCUT2D eigenvalue weighted by molar-refractivity contribution is 9.10. The lowest BCUT2D eigenvalue weighted by Crippen LogP contribution is -2.23. The molecule has 0 aliphatic rings. The maximum Gasteiger partial charge on any atom is 0.153 e. The fourth-order valence-electron chi connectivity index (χ4n) is 1.66. The second kappa shape index (κ2) is 4.85. The molecule has 1 N–H and O–H groups in total. The Morgan fingerprint density at radius 3 is 2.56 bits per heavy atom. The zero-order valence-corrected chi connectivity index (χ0v) is 12.3. The largest absolute Gasteiger partial charge is 0.465 e. The van der Waals surface area contributed by atoms with Crippen molar-refractivity contribution in [1.82, 2.24) is 0 Å². The SMILES string of the molecule is CC(O)(c1cc(F)c(Cl)cc1Cl)c1occc1Br. The van der Waals surface area contributed by atoms with Crippen LogP contribution in [-0.2, 0) is 5.60 Å². The molecule has 1 atom stereocenters. The van der Waals surface area contributed by atoms with Crippen LogP contribution in [0.1, 0.15) is 18.2 Å². The third-order valence-electron chi connectivity index (χ3n) is 2.59. The Bertz CT molecular complexity index is 596. The molecule has 2 nitrogen and oxygen atoms in total. The van der Waals surface area contributed by atoms with Crippen molar-refractivity contribution in [3.05, 3.63) is 56.1 Å². The van der Waals surface area contributed by atoms with Crippen molar-refractivity contribution in [2.45, 2.75) is 12.5 Å². The standard InChI is InChI=1S/C12H8BrCl2FO2/c1-12(17,11-7(13)2-3-18-11)6-4-10(16)9(15)5-8(6)14/h2-5,17H,1H3. The van der Waals surface area contributed by atoms with Crippen LogP contribution >= 0.6 is 39.1 Å². The minimum atomic E-state index is -1.56. The molecule has 1 aromatic carbocycles. The van der Waals surface area contributed by atoms with Crippen LogP contribution in [0.3, 0.4) is 0 Å². The molecule has 0 saturated carbocycles. The topological polar surface area (TPSA) is 33.4 Å². The second-order valence-corrected chi connectivity index (χ2v) is 5.58. The van der Waals surface area contributed by atoms with E-state index in [9.17, 15) is 9.50 Å². The fraction of sp³-hybridized carbons (Fsp3) is 0.167. The molecular weight excluding hydrogens is 346 g/mol. The van der Waals surface area contributed by atoms with Crippen LogP contribution in [0.4, 0.5) is 4.39 Å². The fourth-order valence-corrected chi connectivity index (χ4v) is 2.81. The third kappa shape index (κ3) is 2.30. The Kier molecular flexibility index (Phi) is 3.74. The van der Waals surface area contributed by atoms with E-state index in [1.54, 1.807) is 6.07 Å². The number of benzene rings is 1. The van der Waals surface area contributed by atoms with Gasteiger partial charge < -0.3 is 9.52 Å². The first-order valence-electron chi connectivity index (χ1n) is 4.95. The molecule has 18 heavy (non-hydrogen) atoms. The van der Waals surface area contributed by atoms with Crippen LogP contribution in [0.2, 0.25) is 10.0 Å². The van der Waals surface area contributed by atoms with E-state index >= 15 is 0 Å². The first kappa shape index (κ1) is 13.9. The van der Waals surface area contributed by atoms with Gasteiger partial charge >= 0.3 is 0 Å². The number of halogens is 4. The molecule has 2 rings (SSSR count). The Morgan fingerprint density at radius 2 is 2.00 bits per heavy atom. The predicted octanol–water partition coefficient (Wildman–Crippen LogP) is 4.74. The minimum absolute atomic E-state index is 0.0990. The zero-order valence-electron chi connectivity index (χ0n) is 9.18. The molecule has 0 bridgehead atoms. The second-order valence-electron chi connectivity index (χ2n) is 3.92. The normalized spacial score (nSPS) is 14.6. The van der Waals surface area contributed by atoms with Gasteiger partial charge in [-0.3, -0.25) is 0 Å². The Balaban J connectivity index is 2.61. The summed E-state index contributed by atoms with van der Waals surface area (Å²) in [5.74, 6) is -0.412. The van der Waals surface area contributed by atoms with E-state index < -0.39 is 11.4 Å². The van der Waals surface area contributed by atoms with E-state index in [2.05, 4.69) is 15.9 Å². The number of hydrogen-bond acceptors (Lipinski definition) is 2. The summed E-state index contributed by atoms with van der Waals surface area (Å²) >= 11 is 14.8. The van der Waals surface area contributed by atoms with Gasteiger partial charge in [-0.15, -0.1) is 0 Å². The van der Waals surface area contributed by atoms with Gasteiger partial charge in [-0.05, 0) is 41.1 Å². The van der Waals surface area contributed by atoms with Gasteiger partial charge in [0.25, 0.3) is 0 Å². The number of aliphatic hydroxyl groups is 1. The van der Waals surface area contributed by atoms with Gasteiger partial charge in [0.15, 0.2) is 5.76 Å². The third-order valence-corrected chi connectivity index (χ3v) is 3.82. The van der Waals surface area contributed by atoms with Crippen molar-refractivity contribution in [2.24, 2.45) is 0 Å². The average Bonchev–Trinajstić information content (AvgIpc) is 2.70. The zero-order chi connectivity index (χ0) is 13.5. The molecule has 6 heteroatoms. The summed E-state index contributed by atoms with van der Waals surface area (Å²) in [5, 5.41) is 10.6. The first-order chi connectivity index (χ1) is 8.34. The summed E-state index contributed by atoms with van der Waals surface area (Å²) < 4.78 is 19.3. The van der Waals surface area contributed by atoms with Crippen molar-refractivity contribution >= 4 is 39.1 Å².